The standard InChI is InChI=1S/C12H16O4/c1-8-3-5-10(13)11(16-2)7-9(8)4-6-12(14)15/h3,5,7-8,13H,4,6H2,1-2H3,(H,14,15). The fourth-order valence-corrected chi connectivity index (χ4v) is 1.53. The van der Waals surface area contributed by atoms with Gasteiger partial charge in [0.05, 0.1) is 7.11 Å². The van der Waals surface area contributed by atoms with E-state index in [9.17, 15) is 9.90 Å². The van der Waals surface area contributed by atoms with Gasteiger partial charge < -0.3 is 14.9 Å². The van der Waals surface area contributed by atoms with Crippen LogP contribution in [0.3, 0.4) is 0 Å². The lowest BCUT2D eigenvalue weighted by molar-refractivity contribution is -0.136. The summed E-state index contributed by atoms with van der Waals surface area (Å²) in [4.78, 5) is 10.5. The zero-order chi connectivity index (χ0) is 12.1. The molecular formula is C12H16O4. The van der Waals surface area contributed by atoms with E-state index in [4.69, 9.17) is 9.84 Å². The Bertz CT molecular complexity index is 363. The number of aliphatic carboxylic acids is 1. The molecule has 0 amide bonds. The summed E-state index contributed by atoms with van der Waals surface area (Å²) in [6, 6.07) is 0. The number of allylic oxidation sites excluding steroid dienone is 4. The quantitative estimate of drug-likeness (QED) is 0.769. The van der Waals surface area contributed by atoms with Gasteiger partial charge in [0.15, 0.2) is 11.5 Å². The van der Waals surface area contributed by atoms with Crippen LogP contribution in [0.15, 0.2) is 35.3 Å². The molecule has 1 unspecified atom stereocenters. The molecule has 0 saturated heterocycles. The molecule has 2 N–H and O–H groups in total. The summed E-state index contributed by atoms with van der Waals surface area (Å²) in [5.74, 6) is -0.275. The van der Waals surface area contributed by atoms with Crippen LogP contribution in [0.4, 0.5) is 0 Å². The number of rotatable bonds is 4. The molecule has 1 atom stereocenters. The smallest absolute Gasteiger partial charge is 0.303 e. The molecule has 0 saturated carbocycles. The second-order valence-corrected chi connectivity index (χ2v) is 3.71. The van der Waals surface area contributed by atoms with Crippen molar-refractivity contribution in [2.75, 3.05) is 7.11 Å². The summed E-state index contributed by atoms with van der Waals surface area (Å²) in [6.45, 7) is 1.95. The van der Waals surface area contributed by atoms with Crippen LogP contribution in [0.2, 0.25) is 0 Å². The van der Waals surface area contributed by atoms with Gasteiger partial charge in [-0.1, -0.05) is 18.6 Å². The van der Waals surface area contributed by atoms with Crippen LogP contribution >= 0.6 is 0 Å². The molecule has 0 heterocycles. The molecule has 16 heavy (non-hydrogen) atoms. The molecule has 0 aromatic carbocycles. The molecular weight excluding hydrogens is 208 g/mol. The van der Waals surface area contributed by atoms with Crippen LogP contribution in [0, 0.1) is 5.92 Å². The number of methoxy groups -OCH3 is 1. The second-order valence-electron chi connectivity index (χ2n) is 3.71. The third kappa shape index (κ3) is 3.15. The second kappa shape index (κ2) is 5.39. The van der Waals surface area contributed by atoms with Crippen molar-refractivity contribution in [2.24, 2.45) is 5.92 Å². The molecule has 4 nitrogen and oxygen atoms in total. The van der Waals surface area contributed by atoms with Crippen LogP contribution in [-0.4, -0.2) is 23.3 Å². The van der Waals surface area contributed by atoms with E-state index < -0.39 is 5.97 Å². The average Bonchev–Trinajstić information content (AvgIpc) is 2.37. The maximum absolute atomic E-state index is 10.5. The Morgan fingerprint density at radius 2 is 2.25 bits per heavy atom. The van der Waals surface area contributed by atoms with E-state index in [1.165, 1.54) is 7.11 Å². The van der Waals surface area contributed by atoms with Crippen molar-refractivity contribution in [3.63, 3.8) is 0 Å². The molecule has 0 fully saturated rings. The first kappa shape index (κ1) is 12.4. The van der Waals surface area contributed by atoms with E-state index in [1.807, 2.05) is 13.0 Å². The molecule has 88 valence electrons. The van der Waals surface area contributed by atoms with E-state index in [0.29, 0.717) is 12.2 Å². The van der Waals surface area contributed by atoms with E-state index in [0.717, 1.165) is 5.57 Å². The summed E-state index contributed by atoms with van der Waals surface area (Å²) in [6.07, 6.45) is 5.66. The summed E-state index contributed by atoms with van der Waals surface area (Å²) < 4.78 is 5.02. The van der Waals surface area contributed by atoms with Crippen molar-refractivity contribution in [2.45, 2.75) is 19.8 Å². The van der Waals surface area contributed by atoms with Crippen LogP contribution in [0.1, 0.15) is 19.8 Å². The number of aliphatic hydroxyl groups excluding tert-OH is 1. The van der Waals surface area contributed by atoms with Gasteiger partial charge in [0.25, 0.3) is 0 Å². The van der Waals surface area contributed by atoms with Crippen molar-refractivity contribution < 1.29 is 19.7 Å². The highest BCUT2D eigenvalue weighted by atomic mass is 16.5. The van der Waals surface area contributed by atoms with Crippen molar-refractivity contribution in [3.05, 3.63) is 35.3 Å². The van der Waals surface area contributed by atoms with Gasteiger partial charge in [-0.2, -0.15) is 0 Å². The normalized spacial score (nSPS) is 20.4. The summed E-state index contributed by atoms with van der Waals surface area (Å²) in [5.41, 5.74) is 0.944. The fourth-order valence-electron chi connectivity index (χ4n) is 1.53. The third-order valence-corrected chi connectivity index (χ3v) is 2.54. The van der Waals surface area contributed by atoms with Gasteiger partial charge in [-0.3, -0.25) is 4.79 Å². The molecule has 0 aromatic rings. The topological polar surface area (TPSA) is 66.8 Å². The van der Waals surface area contributed by atoms with Gasteiger partial charge in [0, 0.05) is 6.42 Å². The Labute approximate surface area is 94.5 Å². The first-order chi connectivity index (χ1) is 7.54. The van der Waals surface area contributed by atoms with Gasteiger partial charge in [-0.05, 0) is 24.5 Å². The van der Waals surface area contributed by atoms with Gasteiger partial charge in [0.2, 0.25) is 0 Å². The first-order valence-corrected chi connectivity index (χ1v) is 5.12. The molecule has 0 radical (unpaired) electrons. The van der Waals surface area contributed by atoms with Gasteiger partial charge in [0.1, 0.15) is 0 Å². The predicted octanol–water partition coefficient (Wildman–Crippen LogP) is 2.40. The number of carboxylic acids is 1. The van der Waals surface area contributed by atoms with Crippen molar-refractivity contribution >= 4 is 5.97 Å². The van der Waals surface area contributed by atoms with E-state index in [-0.39, 0.29) is 18.1 Å². The van der Waals surface area contributed by atoms with Crippen molar-refractivity contribution in [3.8, 4) is 0 Å². The SMILES string of the molecule is COC1=C(O)C=CC(C)C(CCC(=O)O)=C1. The summed E-state index contributed by atoms with van der Waals surface area (Å²) >= 11 is 0. The fraction of sp³-hybridized carbons (Fsp3) is 0.417. The van der Waals surface area contributed by atoms with Gasteiger partial charge in [-0.25, -0.2) is 0 Å². The molecule has 1 aliphatic rings. The number of hydrogen-bond donors (Lipinski definition) is 2. The zero-order valence-corrected chi connectivity index (χ0v) is 9.43. The predicted molar refractivity (Wildman–Crippen MR) is 59.9 cm³/mol. The molecule has 4 heteroatoms. The van der Waals surface area contributed by atoms with Crippen molar-refractivity contribution in [1.82, 2.24) is 0 Å². The molecule has 1 rings (SSSR count). The van der Waals surface area contributed by atoms with E-state index in [1.54, 1.807) is 12.2 Å². The van der Waals surface area contributed by atoms with Crippen molar-refractivity contribution in [1.29, 1.82) is 0 Å². The van der Waals surface area contributed by atoms with Crippen LogP contribution < -0.4 is 0 Å². The van der Waals surface area contributed by atoms with E-state index >= 15 is 0 Å². The summed E-state index contributed by atoms with van der Waals surface area (Å²) in [7, 11) is 1.47. The number of ether oxygens (including phenoxy) is 1. The minimum atomic E-state index is -0.825. The molecule has 0 aliphatic heterocycles. The lowest BCUT2D eigenvalue weighted by atomic mass is 9.96. The highest BCUT2D eigenvalue weighted by Gasteiger charge is 2.14. The van der Waals surface area contributed by atoms with Crippen LogP contribution in [0.25, 0.3) is 0 Å². The average molecular weight is 224 g/mol. The Kier molecular flexibility index (Phi) is 4.17. The first-order valence-electron chi connectivity index (χ1n) is 5.12. The Morgan fingerprint density at radius 3 is 2.81 bits per heavy atom. The number of carbonyl (C=O) groups is 1. The number of carboxylic acid groups (broad SMARTS) is 1. The Morgan fingerprint density at radius 1 is 1.56 bits per heavy atom. The minimum absolute atomic E-state index is 0.0691. The lowest BCUT2D eigenvalue weighted by Gasteiger charge is -2.10. The Hall–Kier alpha value is -1.71. The minimum Gasteiger partial charge on any atom is -0.504 e. The molecule has 0 aromatic heterocycles. The highest BCUT2D eigenvalue weighted by Crippen LogP contribution is 2.24. The highest BCUT2D eigenvalue weighted by molar-refractivity contribution is 5.67. The van der Waals surface area contributed by atoms with Gasteiger partial charge in [-0.15, -0.1) is 0 Å². The van der Waals surface area contributed by atoms with Crippen LogP contribution in [-0.2, 0) is 9.53 Å². The van der Waals surface area contributed by atoms with Crippen LogP contribution in [0.5, 0.6) is 0 Å². The molecule has 0 bridgehead atoms. The number of hydrogen-bond acceptors (Lipinski definition) is 3. The zero-order valence-electron chi connectivity index (χ0n) is 9.43. The largest absolute Gasteiger partial charge is 0.504 e. The maximum atomic E-state index is 10.5. The maximum Gasteiger partial charge on any atom is 0.303 e. The van der Waals surface area contributed by atoms with E-state index in [2.05, 4.69) is 0 Å². The lowest BCUT2D eigenvalue weighted by Crippen LogP contribution is -2.01. The molecule has 1 aliphatic carbocycles. The van der Waals surface area contributed by atoms with Gasteiger partial charge >= 0.3 is 5.97 Å². The third-order valence-electron chi connectivity index (χ3n) is 2.54. The number of aliphatic hydroxyl groups is 1. The summed E-state index contributed by atoms with van der Waals surface area (Å²) in [5, 5.41) is 18.2. The molecule has 0 spiro atoms. The Balaban J connectivity index is 2.88. The monoisotopic (exact) mass is 224 g/mol.